The van der Waals surface area contributed by atoms with Gasteiger partial charge in [-0.15, -0.1) is 0 Å². The predicted molar refractivity (Wildman–Crippen MR) is 108 cm³/mol. The van der Waals surface area contributed by atoms with Crippen molar-refractivity contribution >= 4 is 27.2 Å². The molecule has 0 heterocycles. The number of hydrogen-bond acceptors (Lipinski definition) is 6. The molecule has 0 saturated carbocycles. The van der Waals surface area contributed by atoms with Crippen molar-refractivity contribution < 1.29 is 28.5 Å². The van der Waals surface area contributed by atoms with E-state index in [-0.39, 0.29) is 32.4 Å². The van der Waals surface area contributed by atoms with E-state index in [4.69, 9.17) is 11.6 Å². The number of carbonyl (C=O) groups excluding carboxylic acids is 1. The smallest absolute Gasteiger partial charge is 0.206 e. The maximum Gasteiger partial charge on any atom is 0.206 e. The third-order valence-corrected chi connectivity index (χ3v) is 6.58. The first-order valence-corrected chi connectivity index (χ1v) is 10.3. The topological polar surface area (TPSA) is 112 Å². The molecule has 0 bridgehead atoms. The number of carbonyl (C=O) groups is 1. The predicted octanol–water partition coefficient (Wildman–Crippen LogP) is 4.02. The van der Waals surface area contributed by atoms with Gasteiger partial charge in [0.2, 0.25) is 15.6 Å². The van der Waals surface area contributed by atoms with Crippen LogP contribution < -0.4 is 0 Å². The average Bonchev–Trinajstić information content (AvgIpc) is 2.68. The first-order chi connectivity index (χ1) is 13.6. The van der Waals surface area contributed by atoms with Gasteiger partial charge < -0.3 is 15.3 Å². The van der Waals surface area contributed by atoms with Crippen LogP contribution in [0.15, 0.2) is 64.4 Å². The summed E-state index contributed by atoms with van der Waals surface area (Å²) >= 11 is 6.14. The highest BCUT2D eigenvalue weighted by molar-refractivity contribution is 7.91. The molecule has 29 heavy (non-hydrogen) atoms. The van der Waals surface area contributed by atoms with Crippen LogP contribution in [0.25, 0.3) is 0 Å². The van der Waals surface area contributed by atoms with Gasteiger partial charge in [-0.05, 0) is 55.0 Å². The van der Waals surface area contributed by atoms with Crippen molar-refractivity contribution in [3.05, 3.63) is 76.3 Å². The van der Waals surface area contributed by atoms with E-state index in [0.29, 0.717) is 0 Å². The molecule has 0 spiro atoms. The molecule has 3 aromatic rings. The van der Waals surface area contributed by atoms with Gasteiger partial charge in [-0.25, -0.2) is 8.42 Å². The van der Waals surface area contributed by atoms with E-state index in [1.165, 1.54) is 30.3 Å². The second kappa shape index (κ2) is 7.77. The summed E-state index contributed by atoms with van der Waals surface area (Å²) in [7, 11) is -3.81. The zero-order chi connectivity index (χ0) is 21.3. The standard InChI is InChI=1S/C21H17ClO6S/c1-12-2-4-14(5-3-12)29(27,28)15-6-8-17(22)13(10-15)11-19(24)16-7-9-18(23)21(26)20(16)25/h2-10,23,25-26H,11H2,1H3. The number of sulfone groups is 1. The molecule has 0 aliphatic carbocycles. The number of Topliss-reactive ketones (excluding diaryl/α,β-unsaturated/α-hetero) is 1. The molecule has 6 nitrogen and oxygen atoms in total. The molecule has 0 aromatic heterocycles. The van der Waals surface area contributed by atoms with Crippen LogP contribution in [0.1, 0.15) is 21.5 Å². The number of hydrogen-bond donors (Lipinski definition) is 3. The summed E-state index contributed by atoms with van der Waals surface area (Å²) in [5.41, 5.74) is 0.947. The maximum absolute atomic E-state index is 12.9. The number of phenolic OH excluding ortho intramolecular Hbond substituents is 3. The van der Waals surface area contributed by atoms with Gasteiger partial charge in [-0.1, -0.05) is 29.3 Å². The Hall–Kier alpha value is -3.03. The minimum absolute atomic E-state index is 0.0219. The molecule has 0 aliphatic heterocycles. The van der Waals surface area contributed by atoms with E-state index in [9.17, 15) is 28.5 Å². The van der Waals surface area contributed by atoms with Crippen LogP contribution in [0.5, 0.6) is 17.2 Å². The highest BCUT2D eigenvalue weighted by Crippen LogP contribution is 2.38. The van der Waals surface area contributed by atoms with Crippen molar-refractivity contribution in [2.24, 2.45) is 0 Å². The molecule has 0 fully saturated rings. The normalized spacial score (nSPS) is 11.4. The Morgan fingerprint density at radius 1 is 0.897 bits per heavy atom. The molecule has 0 radical (unpaired) electrons. The Balaban J connectivity index is 1.97. The third kappa shape index (κ3) is 4.06. The zero-order valence-electron chi connectivity index (χ0n) is 15.3. The van der Waals surface area contributed by atoms with Crippen LogP contribution in [0, 0.1) is 6.92 Å². The monoisotopic (exact) mass is 432 g/mol. The van der Waals surface area contributed by atoms with E-state index < -0.39 is 32.9 Å². The molecule has 150 valence electrons. The van der Waals surface area contributed by atoms with Crippen molar-refractivity contribution in [1.82, 2.24) is 0 Å². The van der Waals surface area contributed by atoms with Crippen molar-refractivity contribution in [2.45, 2.75) is 23.1 Å². The van der Waals surface area contributed by atoms with E-state index in [2.05, 4.69) is 0 Å². The summed E-state index contributed by atoms with van der Waals surface area (Å²) in [6.45, 7) is 1.85. The fraction of sp³-hybridized carbons (Fsp3) is 0.0952. The minimum Gasteiger partial charge on any atom is -0.504 e. The fourth-order valence-corrected chi connectivity index (χ4v) is 4.26. The third-order valence-electron chi connectivity index (χ3n) is 4.44. The second-order valence-corrected chi connectivity index (χ2v) is 8.86. The fourth-order valence-electron chi connectivity index (χ4n) is 2.77. The number of phenols is 3. The summed E-state index contributed by atoms with van der Waals surface area (Å²) < 4.78 is 25.7. The number of aryl methyl sites for hydroxylation is 1. The van der Waals surface area contributed by atoms with Crippen molar-refractivity contribution in [1.29, 1.82) is 0 Å². The highest BCUT2D eigenvalue weighted by atomic mass is 35.5. The molecule has 0 atom stereocenters. The quantitative estimate of drug-likeness (QED) is 0.414. The van der Waals surface area contributed by atoms with Gasteiger partial charge in [0.1, 0.15) is 0 Å². The maximum atomic E-state index is 12.9. The van der Waals surface area contributed by atoms with Crippen molar-refractivity contribution in [3.8, 4) is 17.2 Å². The first kappa shape index (κ1) is 20.7. The van der Waals surface area contributed by atoms with E-state index in [1.54, 1.807) is 12.1 Å². The first-order valence-electron chi connectivity index (χ1n) is 8.48. The number of halogens is 1. The Morgan fingerprint density at radius 3 is 2.17 bits per heavy atom. The molecule has 0 saturated heterocycles. The summed E-state index contributed by atoms with van der Waals surface area (Å²) in [6, 6.07) is 12.7. The van der Waals surface area contributed by atoms with Gasteiger partial charge in [0.25, 0.3) is 0 Å². The Morgan fingerprint density at radius 2 is 1.52 bits per heavy atom. The summed E-state index contributed by atoms with van der Waals surface area (Å²) in [6.07, 6.45) is -0.312. The number of rotatable bonds is 5. The van der Waals surface area contributed by atoms with Crippen LogP contribution in [0.3, 0.4) is 0 Å². The second-order valence-electron chi connectivity index (χ2n) is 6.50. The molecule has 0 aliphatic rings. The molecule has 0 amide bonds. The van der Waals surface area contributed by atoms with Crippen LogP contribution in [0.2, 0.25) is 5.02 Å². The number of benzene rings is 3. The highest BCUT2D eigenvalue weighted by Gasteiger charge is 2.22. The lowest BCUT2D eigenvalue weighted by molar-refractivity contribution is 0.0989. The average molecular weight is 433 g/mol. The molecular weight excluding hydrogens is 416 g/mol. The lowest BCUT2D eigenvalue weighted by Crippen LogP contribution is -2.07. The van der Waals surface area contributed by atoms with Gasteiger partial charge in [0.05, 0.1) is 15.4 Å². The SMILES string of the molecule is Cc1ccc(S(=O)(=O)c2ccc(Cl)c(CC(=O)c3ccc(O)c(O)c3O)c2)cc1. The lowest BCUT2D eigenvalue weighted by atomic mass is 10.0. The van der Waals surface area contributed by atoms with E-state index >= 15 is 0 Å². The molecule has 3 aromatic carbocycles. The van der Waals surface area contributed by atoms with Gasteiger partial charge >= 0.3 is 0 Å². The van der Waals surface area contributed by atoms with Crippen LogP contribution in [0.4, 0.5) is 0 Å². The van der Waals surface area contributed by atoms with Crippen LogP contribution in [-0.4, -0.2) is 29.5 Å². The number of aromatic hydroxyl groups is 3. The van der Waals surface area contributed by atoms with E-state index in [1.807, 2.05) is 6.92 Å². The summed E-state index contributed by atoms with van der Waals surface area (Å²) in [5.74, 6) is -2.74. The number of ketones is 1. The van der Waals surface area contributed by atoms with Gasteiger partial charge in [-0.3, -0.25) is 4.79 Å². The zero-order valence-corrected chi connectivity index (χ0v) is 16.8. The van der Waals surface area contributed by atoms with Gasteiger partial charge in [-0.2, -0.15) is 0 Å². The summed E-state index contributed by atoms with van der Waals surface area (Å²) in [4.78, 5) is 12.7. The van der Waals surface area contributed by atoms with Crippen molar-refractivity contribution in [3.63, 3.8) is 0 Å². The molecule has 0 unspecified atom stereocenters. The Bertz CT molecular complexity index is 1200. The molecule has 8 heteroatoms. The minimum atomic E-state index is -3.81. The van der Waals surface area contributed by atoms with E-state index in [0.717, 1.165) is 17.7 Å². The molecule has 3 N–H and O–H groups in total. The Kier molecular flexibility index (Phi) is 5.55. The molecular formula is C21H17ClO6S. The Labute approximate surface area is 172 Å². The van der Waals surface area contributed by atoms with Crippen LogP contribution >= 0.6 is 11.6 Å². The van der Waals surface area contributed by atoms with Crippen molar-refractivity contribution in [2.75, 3.05) is 0 Å². The van der Waals surface area contributed by atoms with Gasteiger partial charge in [0, 0.05) is 11.4 Å². The summed E-state index contributed by atoms with van der Waals surface area (Å²) in [5, 5.41) is 29.1. The van der Waals surface area contributed by atoms with Crippen LogP contribution in [-0.2, 0) is 16.3 Å². The van der Waals surface area contributed by atoms with Gasteiger partial charge in [0.15, 0.2) is 17.3 Å². The lowest BCUT2D eigenvalue weighted by Gasteiger charge is -2.10. The molecule has 3 rings (SSSR count). The largest absolute Gasteiger partial charge is 0.504 e.